The summed E-state index contributed by atoms with van der Waals surface area (Å²) in [7, 11) is 0. The highest BCUT2D eigenvalue weighted by Crippen LogP contribution is 2.35. The van der Waals surface area contributed by atoms with Crippen LogP contribution in [0.1, 0.15) is 15.9 Å². The molecule has 5 rings (SSSR count). The van der Waals surface area contributed by atoms with Crippen LogP contribution in [0.4, 0.5) is 0 Å². The van der Waals surface area contributed by atoms with Crippen molar-refractivity contribution in [2.24, 2.45) is 0 Å². The van der Waals surface area contributed by atoms with E-state index in [0.29, 0.717) is 11.3 Å². The maximum atomic E-state index is 13.3. The topological polar surface area (TPSA) is 43.4 Å². The van der Waals surface area contributed by atoms with Crippen molar-refractivity contribution >= 4 is 33.7 Å². The van der Waals surface area contributed by atoms with E-state index in [-0.39, 0.29) is 18.0 Å². The minimum Gasteiger partial charge on any atom is -0.474 e. The molecule has 0 saturated heterocycles. The molecule has 0 saturated carbocycles. The normalized spacial score (nSPS) is 15.9. The van der Waals surface area contributed by atoms with Crippen molar-refractivity contribution in [2.75, 3.05) is 0 Å². The molecule has 1 aromatic heterocycles. The molecule has 3 aromatic carbocycles. The third kappa shape index (κ3) is 2.74. The zero-order valence-corrected chi connectivity index (χ0v) is 15.7. The van der Waals surface area contributed by atoms with Gasteiger partial charge in [-0.15, -0.1) is 11.3 Å². The third-order valence-electron chi connectivity index (χ3n) is 5.10. The van der Waals surface area contributed by atoms with Gasteiger partial charge in [0.1, 0.15) is 5.75 Å². The molecule has 0 aliphatic carbocycles. The molecule has 136 valence electrons. The number of carbonyl (C=O) groups excluding carboxylic acids is 2. The van der Waals surface area contributed by atoms with Crippen molar-refractivity contribution in [2.45, 2.75) is 12.5 Å². The first kappa shape index (κ1) is 16.9. The molecule has 3 nitrogen and oxygen atoms in total. The number of fused-ring (bicyclic) bond motifs is 3. The van der Waals surface area contributed by atoms with Crippen molar-refractivity contribution in [3.8, 4) is 16.2 Å². The summed E-state index contributed by atoms with van der Waals surface area (Å²) in [6.45, 7) is 0. The van der Waals surface area contributed by atoms with E-state index >= 15 is 0 Å². The number of benzene rings is 3. The molecule has 1 aliphatic heterocycles. The van der Waals surface area contributed by atoms with E-state index in [2.05, 4.69) is 0 Å². The molecule has 1 unspecified atom stereocenters. The second-order valence-electron chi connectivity index (χ2n) is 6.79. The molecule has 1 atom stereocenters. The van der Waals surface area contributed by atoms with Crippen LogP contribution in [0.15, 0.2) is 78.2 Å². The van der Waals surface area contributed by atoms with E-state index in [1.165, 1.54) is 0 Å². The molecule has 1 aliphatic rings. The number of hydrogen-bond donors (Lipinski definition) is 0. The average Bonchev–Trinajstić information content (AvgIpc) is 3.27. The summed E-state index contributed by atoms with van der Waals surface area (Å²) in [4.78, 5) is 27.1. The molecule has 0 radical (unpaired) electrons. The van der Waals surface area contributed by atoms with Crippen LogP contribution in [0.2, 0.25) is 0 Å². The van der Waals surface area contributed by atoms with Gasteiger partial charge in [-0.05, 0) is 28.3 Å². The van der Waals surface area contributed by atoms with E-state index in [0.717, 1.165) is 26.8 Å². The van der Waals surface area contributed by atoms with Gasteiger partial charge in [-0.2, -0.15) is 0 Å². The molecule has 2 heterocycles. The first-order chi connectivity index (χ1) is 13.7. The molecule has 28 heavy (non-hydrogen) atoms. The summed E-state index contributed by atoms with van der Waals surface area (Å²) in [5.41, 5.74) is 2.22. The Morgan fingerprint density at radius 1 is 0.929 bits per heavy atom. The molecule has 4 aromatic rings. The Hall–Kier alpha value is -3.24. The van der Waals surface area contributed by atoms with Gasteiger partial charge >= 0.3 is 0 Å². The lowest BCUT2D eigenvalue weighted by Gasteiger charge is -2.25. The highest BCUT2D eigenvalue weighted by Gasteiger charge is 2.36. The van der Waals surface area contributed by atoms with Crippen LogP contribution < -0.4 is 4.74 Å². The van der Waals surface area contributed by atoms with Crippen LogP contribution >= 0.6 is 11.3 Å². The first-order valence-corrected chi connectivity index (χ1v) is 9.97. The van der Waals surface area contributed by atoms with Crippen LogP contribution in [0, 0.1) is 0 Å². The Bertz CT molecular complexity index is 1210. The molecule has 0 fully saturated rings. The Kier molecular flexibility index (Phi) is 4.06. The average molecular weight is 384 g/mol. The number of hydrogen-bond acceptors (Lipinski definition) is 4. The number of thiophene rings is 1. The summed E-state index contributed by atoms with van der Waals surface area (Å²) in [6, 6.07) is 23.0. The third-order valence-corrected chi connectivity index (χ3v) is 6.01. The van der Waals surface area contributed by atoms with Crippen molar-refractivity contribution in [3.05, 3.63) is 89.3 Å². The molecule has 0 amide bonds. The highest BCUT2D eigenvalue weighted by molar-refractivity contribution is 7.13. The Morgan fingerprint density at radius 3 is 2.61 bits per heavy atom. The maximum Gasteiger partial charge on any atom is 0.219 e. The summed E-state index contributed by atoms with van der Waals surface area (Å²) < 4.78 is 5.95. The molecule has 4 heteroatoms. The van der Waals surface area contributed by atoms with Gasteiger partial charge in [0.15, 0.2) is 5.78 Å². The first-order valence-electron chi connectivity index (χ1n) is 9.09. The van der Waals surface area contributed by atoms with E-state index < -0.39 is 6.10 Å². The standard InChI is InChI=1S/C24H16O3S/c25-20-14-19-16-7-2-1-6-15(16)11-12-21(19)27-24(20)23(26)18-9-4-3-8-17(18)22-10-5-13-28-22/h1-13,24H,14H2. The van der Waals surface area contributed by atoms with Crippen molar-refractivity contribution in [1.82, 2.24) is 0 Å². The molecule has 0 bridgehead atoms. The van der Waals surface area contributed by atoms with E-state index in [1.807, 2.05) is 72.1 Å². The quantitative estimate of drug-likeness (QED) is 0.354. The van der Waals surface area contributed by atoms with E-state index in [1.54, 1.807) is 17.4 Å². The van der Waals surface area contributed by atoms with Crippen LogP contribution in [0.3, 0.4) is 0 Å². The molecule has 0 spiro atoms. The molecular formula is C24H16O3S. The van der Waals surface area contributed by atoms with Gasteiger partial charge in [0.25, 0.3) is 0 Å². The van der Waals surface area contributed by atoms with Crippen LogP contribution in [-0.4, -0.2) is 17.7 Å². The largest absolute Gasteiger partial charge is 0.474 e. The number of Topliss-reactive ketones (excluding diaryl/α,β-unsaturated/α-hetero) is 2. The number of rotatable bonds is 3. The number of ketones is 2. The highest BCUT2D eigenvalue weighted by atomic mass is 32.1. The minimum absolute atomic E-state index is 0.199. The lowest BCUT2D eigenvalue weighted by Crippen LogP contribution is -2.40. The monoisotopic (exact) mass is 384 g/mol. The fourth-order valence-electron chi connectivity index (χ4n) is 3.75. The van der Waals surface area contributed by atoms with Gasteiger partial charge in [0.05, 0.1) is 0 Å². The van der Waals surface area contributed by atoms with Gasteiger partial charge in [-0.1, -0.05) is 60.7 Å². The Balaban J connectivity index is 1.55. The van der Waals surface area contributed by atoms with Gasteiger partial charge in [-0.25, -0.2) is 0 Å². The Morgan fingerprint density at radius 2 is 1.75 bits per heavy atom. The van der Waals surface area contributed by atoms with Crippen LogP contribution in [-0.2, 0) is 11.2 Å². The predicted octanol–water partition coefficient (Wildman–Crippen LogP) is 5.32. The number of carbonyl (C=O) groups is 2. The SMILES string of the molecule is O=C1Cc2c(ccc3ccccc23)OC1C(=O)c1ccccc1-c1cccs1. The molecular weight excluding hydrogens is 368 g/mol. The predicted molar refractivity (Wildman–Crippen MR) is 111 cm³/mol. The molecule has 0 N–H and O–H groups in total. The second-order valence-corrected chi connectivity index (χ2v) is 7.74. The summed E-state index contributed by atoms with van der Waals surface area (Å²) in [5.74, 6) is 0.132. The summed E-state index contributed by atoms with van der Waals surface area (Å²) in [6.07, 6.45) is -0.899. The fourth-order valence-corrected chi connectivity index (χ4v) is 4.52. The van der Waals surface area contributed by atoms with Gasteiger partial charge < -0.3 is 4.74 Å². The van der Waals surface area contributed by atoms with Gasteiger partial charge in [0.2, 0.25) is 11.9 Å². The van der Waals surface area contributed by atoms with Crippen molar-refractivity contribution in [3.63, 3.8) is 0 Å². The zero-order chi connectivity index (χ0) is 19.1. The minimum atomic E-state index is -1.10. The zero-order valence-electron chi connectivity index (χ0n) is 14.9. The van der Waals surface area contributed by atoms with Crippen molar-refractivity contribution in [1.29, 1.82) is 0 Å². The van der Waals surface area contributed by atoms with Crippen LogP contribution in [0.25, 0.3) is 21.2 Å². The van der Waals surface area contributed by atoms with Gasteiger partial charge in [0, 0.05) is 28.0 Å². The number of ether oxygens (including phenoxy) is 1. The smallest absolute Gasteiger partial charge is 0.219 e. The fraction of sp³-hybridized carbons (Fsp3) is 0.0833. The van der Waals surface area contributed by atoms with E-state index in [4.69, 9.17) is 4.74 Å². The van der Waals surface area contributed by atoms with Crippen LogP contribution in [0.5, 0.6) is 5.75 Å². The second kappa shape index (κ2) is 6.73. The summed E-state index contributed by atoms with van der Waals surface area (Å²) in [5, 5.41) is 4.03. The Labute approximate surface area is 166 Å². The lowest BCUT2D eigenvalue weighted by atomic mass is 9.91. The maximum absolute atomic E-state index is 13.3. The summed E-state index contributed by atoms with van der Waals surface area (Å²) >= 11 is 1.57. The van der Waals surface area contributed by atoms with E-state index in [9.17, 15) is 9.59 Å². The van der Waals surface area contributed by atoms with Gasteiger partial charge in [-0.3, -0.25) is 9.59 Å². The van der Waals surface area contributed by atoms with Crippen molar-refractivity contribution < 1.29 is 14.3 Å². The lowest BCUT2D eigenvalue weighted by molar-refractivity contribution is -0.124.